The molecule has 96 valence electrons. The smallest absolute Gasteiger partial charge is 0.138 e. The third kappa shape index (κ3) is 2.36. The fourth-order valence-electron chi connectivity index (χ4n) is 2.36. The van der Waals surface area contributed by atoms with Gasteiger partial charge in [-0.1, -0.05) is 11.6 Å². The molecule has 4 nitrogen and oxygen atoms in total. The quantitative estimate of drug-likeness (QED) is 0.826. The first-order valence-corrected chi connectivity index (χ1v) is 6.62. The van der Waals surface area contributed by atoms with Gasteiger partial charge in [0.1, 0.15) is 5.65 Å². The van der Waals surface area contributed by atoms with E-state index in [0.717, 1.165) is 43.4 Å². The van der Waals surface area contributed by atoms with Crippen molar-refractivity contribution in [2.75, 3.05) is 33.2 Å². The highest BCUT2D eigenvalue weighted by molar-refractivity contribution is 6.30. The molecule has 0 aliphatic carbocycles. The summed E-state index contributed by atoms with van der Waals surface area (Å²) in [6.45, 7) is 5.48. The van der Waals surface area contributed by atoms with Gasteiger partial charge in [-0.3, -0.25) is 4.90 Å². The molecule has 0 saturated carbocycles. The van der Waals surface area contributed by atoms with E-state index in [0.29, 0.717) is 0 Å². The Morgan fingerprint density at radius 1 is 1.28 bits per heavy atom. The number of nitrogens with zero attached hydrogens (tertiary/aromatic N) is 4. The molecule has 0 aromatic carbocycles. The maximum absolute atomic E-state index is 5.97. The molecule has 0 spiro atoms. The summed E-state index contributed by atoms with van der Waals surface area (Å²) in [5, 5.41) is 0.735. The molecule has 0 bridgehead atoms. The van der Waals surface area contributed by atoms with Gasteiger partial charge in [0, 0.05) is 43.9 Å². The first kappa shape index (κ1) is 12.0. The number of piperazine rings is 1. The van der Waals surface area contributed by atoms with E-state index in [9.17, 15) is 0 Å². The summed E-state index contributed by atoms with van der Waals surface area (Å²) in [5.41, 5.74) is 2.15. The fourth-order valence-corrected chi connectivity index (χ4v) is 2.51. The molecular weight excluding hydrogens is 248 g/mol. The summed E-state index contributed by atoms with van der Waals surface area (Å²) in [4.78, 5) is 9.24. The molecule has 2 aromatic heterocycles. The lowest BCUT2D eigenvalue weighted by Gasteiger charge is -2.32. The van der Waals surface area contributed by atoms with E-state index in [1.54, 1.807) is 0 Å². The number of pyridine rings is 1. The van der Waals surface area contributed by atoms with Crippen molar-refractivity contribution < 1.29 is 0 Å². The van der Waals surface area contributed by atoms with Crippen LogP contribution in [0, 0.1) is 0 Å². The summed E-state index contributed by atoms with van der Waals surface area (Å²) < 4.78 is 2.12. The largest absolute Gasteiger partial charge is 0.304 e. The van der Waals surface area contributed by atoms with E-state index in [1.165, 1.54) is 5.69 Å². The Morgan fingerprint density at radius 2 is 2.06 bits per heavy atom. The van der Waals surface area contributed by atoms with Gasteiger partial charge < -0.3 is 9.30 Å². The van der Waals surface area contributed by atoms with Gasteiger partial charge in [0.2, 0.25) is 0 Å². The average Bonchev–Trinajstić information content (AvgIpc) is 2.74. The Balaban J connectivity index is 1.78. The lowest BCUT2D eigenvalue weighted by Crippen LogP contribution is -2.44. The molecular formula is C13H17ClN4. The minimum Gasteiger partial charge on any atom is -0.304 e. The van der Waals surface area contributed by atoms with Gasteiger partial charge >= 0.3 is 0 Å². The number of aromatic nitrogens is 2. The Morgan fingerprint density at radius 3 is 2.83 bits per heavy atom. The first-order valence-electron chi connectivity index (χ1n) is 6.25. The second-order valence-corrected chi connectivity index (χ2v) is 5.34. The van der Waals surface area contributed by atoms with Crippen molar-refractivity contribution >= 4 is 17.2 Å². The molecule has 0 unspecified atom stereocenters. The molecule has 0 atom stereocenters. The van der Waals surface area contributed by atoms with Crippen LogP contribution in [0.1, 0.15) is 5.69 Å². The van der Waals surface area contributed by atoms with Crippen molar-refractivity contribution in [3.63, 3.8) is 0 Å². The first-order chi connectivity index (χ1) is 8.72. The Hall–Kier alpha value is -1.10. The maximum Gasteiger partial charge on any atom is 0.138 e. The van der Waals surface area contributed by atoms with E-state index in [-0.39, 0.29) is 0 Å². The van der Waals surface area contributed by atoms with Gasteiger partial charge in [0.25, 0.3) is 0 Å². The second-order valence-electron chi connectivity index (χ2n) is 4.90. The predicted molar refractivity (Wildman–Crippen MR) is 73.0 cm³/mol. The van der Waals surface area contributed by atoms with Crippen LogP contribution in [-0.4, -0.2) is 52.4 Å². The number of rotatable bonds is 2. The molecule has 0 N–H and O–H groups in total. The number of imidazole rings is 1. The van der Waals surface area contributed by atoms with Crippen LogP contribution < -0.4 is 0 Å². The van der Waals surface area contributed by atoms with E-state index < -0.39 is 0 Å². The maximum atomic E-state index is 5.97. The molecule has 18 heavy (non-hydrogen) atoms. The van der Waals surface area contributed by atoms with Crippen molar-refractivity contribution in [2.24, 2.45) is 0 Å². The van der Waals surface area contributed by atoms with Gasteiger partial charge in [0.15, 0.2) is 0 Å². The molecule has 1 aliphatic rings. The minimum absolute atomic E-state index is 0.735. The monoisotopic (exact) mass is 264 g/mol. The van der Waals surface area contributed by atoms with E-state index in [4.69, 9.17) is 11.6 Å². The Bertz CT molecular complexity index is 543. The molecule has 1 aliphatic heterocycles. The molecule has 3 rings (SSSR count). The van der Waals surface area contributed by atoms with E-state index in [2.05, 4.69) is 26.2 Å². The van der Waals surface area contributed by atoms with Crippen molar-refractivity contribution in [2.45, 2.75) is 6.54 Å². The van der Waals surface area contributed by atoms with Crippen LogP contribution in [0.15, 0.2) is 24.5 Å². The zero-order chi connectivity index (χ0) is 12.5. The number of halogens is 1. The third-order valence-corrected chi connectivity index (χ3v) is 3.77. The number of likely N-dealkylation sites (N-methyl/N-ethyl adjacent to an activating group) is 1. The third-order valence-electron chi connectivity index (χ3n) is 3.53. The van der Waals surface area contributed by atoms with Crippen LogP contribution in [0.4, 0.5) is 0 Å². The summed E-state index contributed by atoms with van der Waals surface area (Å²) in [6, 6.07) is 3.80. The lowest BCUT2D eigenvalue weighted by atomic mass is 10.3. The number of hydrogen-bond acceptors (Lipinski definition) is 3. The van der Waals surface area contributed by atoms with E-state index in [1.807, 2.05) is 24.5 Å². The zero-order valence-corrected chi connectivity index (χ0v) is 11.3. The van der Waals surface area contributed by atoms with Crippen molar-refractivity contribution in [1.29, 1.82) is 0 Å². The van der Waals surface area contributed by atoms with Crippen molar-refractivity contribution in [3.05, 3.63) is 35.2 Å². The highest BCUT2D eigenvalue weighted by Gasteiger charge is 2.15. The molecule has 5 heteroatoms. The standard InChI is InChI=1S/C13H17ClN4/c1-16-4-6-17(7-5-16)10-12-9-15-13-8-11(14)2-3-18(12)13/h2-3,8-9H,4-7,10H2,1H3. The average molecular weight is 265 g/mol. The van der Waals surface area contributed by atoms with Crippen LogP contribution >= 0.6 is 11.6 Å². The Labute approximate surface area is 112 Å². The number of hydrogen-bond donors (Lipinski definition) is 0. The summed E-state index contributed by atoms with van der Waals surface area (Å²) in [5.74, 6) is 0. The second kappa shape index (κ2) is 4.88. The summed E-state index contributed by atoms with van der Waals surface area (Å²) in [6.07, 6.45) is 3.94. The van der Waals surface area contributed by atoms with Crippen LogP contribution in [0.3, 0.4) is 0 Å². The van der Waals surface area contributed by atoms with Crippen LogP contribution in [0.2, 0.25) is 5.02 Å². The van der Waals surface area contributed by atoms with Crippen molar-refractivity contribution in [3.8, 4) is 0 Å². The molecule has 1 saturated heterocycles. The molecule has 0 amide bonds. The summed E-state index contributed by atoms with van der Waals surface area (Å²) in [7, 11) is 2.17. The highest BCUT2D eigenvalue weighted by Crippen LogP contribution is 2.15. The summed E-state index contributed by atoms with van der Waals surface area (Å²) >= 11 is 5.97. The van der Waals surface area contributed by atoms with Gasteiger partial charge in [-0.15, -0.1) is 0 Å². The Kier molecular flexibility index (Phi) is 3.24. The lowest BCUT2D eigenvalue weighted by molar-refractivity contribution is 0.146. The SMILES string of the molecule is CN1CCN(Cc2cnc3cc(Cl)ccn23)CC1. The van der Waals surface area contributed by atoms with E-state index >= 15 is 0 Å². The van der Waals surface area contributed by atoms with Crippen LogP contribution in [0.5, 0.6) is 0 Å². The molecule has 1 fully saturated rings. The minimum atomic E-state index is 0.735. The van der Waals surface area contributed by atoms with Crippen LogP contribution in [0.25, 0.3) is 5.65 Å². The topological polar surface area (TPSA) is 23.8 Å². The van der Waals surface area contributed by atoms with Gasteiger partial charge in [-0.25, -0.2) is 4.98 Å². The van der Waals surface area contributed by atoms with Crippen molar-refractivity contribution in [1.82, 2.24) is 19.2 Å². The number of fused-ring (bicyclic) bond motifs is 1. The predicted octanol–water partition coefficient (Wildman–Crippen LogP) is 1.74. The fraction of sp³-hybridized carbons (Fsp3) is 0.462. The highest BCUT2D eigenvalue weighted by atomic mass is 35.5. The van der Waals surface area contributed by atoms with Crippen LogP contribution in [-0.2, 0) is 6.54 Å². The zero-order valence-electron chi connectivity index (χ0n) is 10.5. The molecule has 2 aromatic rings. The molecule has 3 heterocycles. The normalized spacial score (nSPS) is 18.6. The molecule has 0 radical (unpaired) electrons. The van der Waals surface area contributed by atoms with Gasteiger partial charge in [-0.2, -0.15) is 0 Å². The van der Waals surface area contributed by atoms with Gasteiger partial charge in [0.05, 0.1) is 11.9 Å². The van der Waals surface area contributed by atoms with Gasteiger partial charge in [-0.05, 0) is 19.2 Å².